The van der Waals surface area contributed by atoms with E-state index in [0.717, 1.165) is 28.0 Å². The fourth-order valence-electron chi connectivity index (χ4n) is 2.84. The fourth-order valence-corrected chi connectivity index (χ4v) is 2.84. The smallest absolute Gasteiger partial charge is 0.408 e. The van der Waals surface area contributed by atoms with Gasteiger partial charge in [0.15, 0.2) is 0 Å². The van der Waals surface area contributed by atoms with E-state index in [9.17, 15) is 4.79 Å². The number of ether oxygens (including phenoxy) is 2. The van der Waals surface area contributed by atoms with Gasteiger partial charge in [-0.25, -0.2) is 4.79 Å². The van der Waals surface area contributed by atoms with E-state index in [2.05, 4.69) is 5.32 Å². The Balaban J connectivity index is 2.41. The summed E-state index contributed by atoms with van der Waals surface area (Å²) in [6.07, 6.45) is -0.592. The number of amides is 1. The molecule has 0 bridgehead atoms. The van der Waals surface area contributed by atoms with Gasteiger partial charge in [-0.15, -0.1) is 0 Å². The zero-order chi connectivity index (χ0) is 17.7. The van der Waals surface area contributed by atoms with Crippen LogP contribution in [-0.4, -0.2) is 19.3 Å². The average Bonchev–Trinajstić information content (AvgIpc) is 2.52. The molecule has 24 heavy (non-hydrogen) atoms. The van der Waals surface area contributed by atoms with E-state index in [1.165, 1.54) is 0 Å². The second kappa shape index (κ2) is 7.86. The summed E-state index contributed by atoms with van der Waals surface area (Å²) in [5.41, 5.74) is 4.07. The molecular formula is C20H25NO3. The van der Waals surface area contributed by atoms with Crippen molar-refractivity contribution >= 4 is 6.09 Å². The number of carbonyl (C=O) groups is 1. The van der Waals surface area contributed by atoms with E-state index in [1.54, 1.807) is 7.11 Å². The summed E-state index contributed by atoms with van der Waals surface area (Å²) >= 11 is 0. The maximum absolute atomic E-state index is 12.1. The lowest BCUT2D eigenvalue weighted by molar-refractivity contribution is 0.113. The normalized spacial score (nSPS) is 11.9. The van der Waals surface area contributed by atoms with Gasteiger partial charge in [-0.05, 0) is 62.1 Å². The van der Waals surface area contributed by atoms with Crippen molar-refractivity contribution in [1.29, 1.82) is 0 Å². The van der Waals surface area contributed by atoms with Gasteiger partial charge in [0.2, 0.25) is 0 Å². The second-order valence-electron chi connectivity index (χ2n) is 6.13. The monoisotopic (exact) mass is 327 g/mol. The van der Waals surface area contributed by atoms with Crippen molar-refractivity contribution in [3.05, 3.63) is 64.7 Å². The lowest BCUT2D eigenvalue weighted by atomic mass is 9.95. The van der Waals surface area contributed by atoms with Crippen molar-refractivity contribution < 1.29 is 14.3 Å². The number of hydrogen-bond donors (Lipinski definition) is 1. The summed E-state index contributed by atoms with van der Waals surface area (Å²) in [6, 6.07) is 13.7. The van der Waals surface area contributed by atoms with Gasteiger partial charge in [0.05, 0.1) is 19.3 Å². The molecule has 0 aliphatic rings. The minimum atomic E-state index is -0.426. The lowest BCUT2D eigenvalue weighted by Crippen LogP contribution is -2.31. The van der Waals surface area contributed by atoms with Crippen molar-refractivity contribution in [1.82, 2.24) is 5.32 Å². The number of hydrogen-bond acceptors (Lipinski definition) is 3. The summed E-state index contributed by atoms with van der Waals surface area (Å²) in [6.45, 7) is 7.67. The van der Waals surface area contributed by atoms with Crippen molar-refractivity contribution in [3.8, 4) is 5.75 Å². The molecule has 0 saturated carbocycles. The number of rotatable bonds is 5. The molecule has 2 aromatic carbocycles. The number of methoxy groups -OCH3 is 1. The highest BCUT2D eigenvalue weighted by atomic mass is 16.6. The Kier molecular flexibility index (Phi) is 5.85. The number of aryl methyl sites for hydroxylation is 2. The first-order chi connectivity index (χ1) is 11.4. The Labute approximate surface area is 143 Å². The van der Waals surface area contributed by atoms with Crippen LogP contribution in [0.1, 0.15) is 42.1 Å². The van der Waals surface area contributed by atoms with E-state index in [-0.39, 0.29) is 12.1 Å². The van der Waals surface area contributed by atoms with Crippen molar-refractivity contribution in [2.24, 2.45) is 0 Å². The second-order valence-corrected chi connectivity index (χ2v) is 6.13. The number of benzene rings is 2. The van der Waals surface area contributed by atoms with Gasteiger partial charge in [0.25, 0.3) is 0 Å². The first-order valence-electron chi connectivity index (χ1n) is 8.09. The fraction of sp³-hybridized carbons (Fsp3) is 0.350. The van der Waals surface area contributed by atoms with Crippen LogP contribution in [0.25, 0.3) is 0 Å². The van der Waals surface area contributed by atoms with Gasteiger partial charge in [-0.2, -0.15) is 0 Å². The van der Waals surface area contributed by atoms with E-state index in [0.29, 0.717) is 0 Å². The van der Waals surface area contributed by atoms with Gasteiger partial charge in [-0.3, -0.25) is 0 Å². The number of nitrogens with one attached hydrogen (secondary N) is 1. The van der Waals surface area contributed by atoms with Crippen molar-refractivity contribution in [3.63, 3.8) is 0 Å². The molecule has 0 radical (unpaired) electrons. The predicted molar refractivity (Wildman–Crippen MR) is 95.5 cm³/mol. The molecule has 4 heteroatoms. The summed E-state index contributed by atoms with van der Waals surface area (Å²) in [5.74, 6) is 0.871. The third-order valence-corrected chi connectivity index (χ3v) is 3.76. The van der Waals surface area contributed by atoms with Gasteiger partial charge in [-0.1, -0.05) is 30.3 Å². The largest absolute Gasteiger partial charge is 0.496 e. The third kappa shape index (κ3) is 4.28. The van der Waals surface area contributed by atoms with E-state index in [1.807, 2.05) is 70.2 Å². The third-order valence-electron chi connectivity index (χ3n) is 3.76. The van der Waals surface area contributed by atoms with Crippen LogP contribution in [0, 0.1) is 13.8 Å². The molecular weight excluding hydrogens is 302 g/mol. The van der Waals surface area contributed by atoms with Gasteiger partial charge in [0.1, 0.15) is 5.75 Å². The number of alkyl carbamates (subject to hydrolysis) is 1. The Morgan fingerprint density at radius 1 is 1.00 bits per heavy atom. The highest BCUT2D eigenvalue weighted by Gasteiger charge is 2.20. The zero-order valence-corrected chi connectivity index (χ0v) is 14.9. The molecule has 0 fully saturated rings. The van der Waals surface area contributed by atoms with Gasteiger partial charge >= 0.3 is 6.09 Å². The maximum atomic E-state index is 12.1. The summed E-state index contributed by atoms with van der Waals surface area (Å²) in [5, 5.41) is 2.97. The minimum Gasteiger partial charge on any atom is -0.496 e. The molecule has 1 N–H and O–H groups in total. The van der Waals surface area contributed by atoms with Crippen molar-refractivity contribution in [2.45, 2.75) is 39.8 Å². The highest BCUT2D eigenvalue weighted by molar-refractivity contribution is 5.69. The van der Waals surface area contributed by atoms with Crippen molar-refractivity contribution in [2.75, 3.05) is 7.11 Å². The van der Waals surface area contributed by atoms with E-state index < -0.39 is 6.09 Å². The topological polar surface area (TPSA) is 47.6 Å². The van der Waals surface area contributed by atoms with Crippen LogP contribution in [0.15, 0.2) is 42.5 Å². The van der Waals surface area contributed by atoms with Gasteiger partial charge in [0, 0.05) is 0 Å². The lowest BCUT2D eigenvalue weighted by Gasteiger charge is -2.22. The predicted octanol–water partition coefficient (Wildman–Crippen LogP) is 4.54. The Bertz CT molecular complexity index is 672. The van der Waals surface area contributed by atoms with Crippen LogP contribution in [0.5, 0.6) is 5.75 Å². The molecule has 1 amide bonds. The molecule has 0 heterocycles. The van der Waals surface area contributed by atoms with E-state index >= 15 is 0 Å². The Morgan fingerprint density at radius 3 is 2.08 bits per heavy atom. The average molecular weight is 327 g/mol. The maximum Gasteiger partial charge on any atom is 0.408 e. The standard InChI is InChI=1S/C20H25NO3/c1-13(2)24-20(22)21-18(16-9-7-6-8-10-16)17-11-14(3)19(23-5)15(4)12-17/h6-13,18H,1-5H3,(H,21,22). The van der Waals surface area contributed by atoms with Gasteiger partial charge < -0.3 is 14.8 Å². The molecule has 0 aliphatic carbocycles. The molecule has 2 aromatic rings. The van der Waals surface area contributed by atoms with E-state index in [4.69, 9.17) is 9.47 Å². The molecule has 2 rings (SSSR count). The molecule has 0 aromatic heterocycles. The van der Waals surface area contributed by atoms with Crippen LogP contribution < -0.4 is 10.1 Å². The van der Waals surface area contributed by atoms with Crippen LogP contribution in [-0.2, 0) is 4.74 Å². The molecule has 4 nitrogen and oxygen atoms in total. The first-order valence-corrected chi connectivity index (χ1v) is 8.09. The summed E-state index contributed by atoms with van der Waals surface area (Å²) in [4.78, 5) is 12.1. The highest BCUT2D eigenvalue weighted by Crippen LogP contribution is 2.30. The first kappa shape index (κ1) is 17.9. The number of carbonyl (C=O) groups excluding carboxylic acids is 1. The summed E-state index contributed by atoms with van der Waals surface area (Å²) in [7, 11) is 1.67. The quantitative estimate of drug-likeness (QED) is 0.877. The van der Waals surface area contributed by atoms with Crippen LogP contribution in [0.3, 0.4) is 0 Å². The Hall–Kier alpha value is -2.49. The molecule has 0 spiro atoms. The van der Waals surface area contributed by atoms with Crippen LogP contribution in [0.2, 0.25) is 0 Å². The zero-order valence-electron chi connectivity index (χ0n) is 14.9. The Morgan fingerprint density at radius 2 is 1.58 bits per heavy atom. The minimum absolute atomic E-state index is 0.166. The molecule has 1 atom stereocenters. The molecule has 1 unspecified atom stereocenters. The SMILES string of the molecule is COc1c(C)cc(C(NC(=O)OC(C)C)c2ccccc2)cc1C. The van der Waals surface area contributed by atoms with Crippen LogP contribution >= 0.6 is 0 Å². The molecule has 0 saturated heterocycles. The van der Waals surface area contributed by atoms with Crippen LogP contribution in [0.4, 0.5) is 4.79 Å². The molecule has 0 aliphatic heterocycles. The summed E-state index contributed by atoms with van der Waals surface area (Å²) < 4.78 is 10.7. The molecule has 128 valence electrons.